The fourth-order valence-corrected chi connectivity index (χ4v) is 6.43. The van der Waals surface area contributed by atoms with Crippen molar-refractivity contribution in [1.29, 1.82) is 0 Å². The number of nitrogens with zero attached hydrogens (tertiary/aromatic N) is 1. The van der Waals surface area contributed by atoms with Crippen LogP contribution >= 0.6 is 0 Å². The SMILES string of the molecule is COC(=O)C(NC(=O)C(c1ccccc1)N1CCC(c2ccc(NC(=O)c3ccccc3-c3ccc(C(F)(F)F)cc3)cc2)CC1)C(C)(C)C. The van der Waals surface area contributed by atoms with Crippen molar-refractivity contribution in [2.75, 3.05) is 25.5 Å². The van der Waals surface area contributed by atoms with E-state index in [0.717, 1.165) is 36.1 Å². The lowest BCUT2D eigenvalue weighted by Gasteiger charge is -2.38. The van der Waals surface area contributed by atoms with E-state index < -0.39 is 35.2 Å². The van der Waals surface area contributed by atoms with Gasteiger partial charge in [-0.1, -0.05) is 93.6 Å². The molecule has 10 heteroatoms. The number of halogens is 3. The summed E-state index contributed by atoms with van der Waals surface area (Å²) >= 11 is 0. The summed E-state index contributed by atoms with van der Waals surface area (Å²) in [6.45, 7) is 6.98. The lowest BCUT2D eigenvalue weighted by atomic mass is 9.86. The Kier molecular flexibility index (Phi) is 11.1. The lowest BCUT2D eigenvalue weighted by Crippen LogP contribution is -2.53. The molecule has 2 atom stereocenters. The first kappa shape index (κ1) is 36.3. The van der Waals surface area contributed by atoms with Crippen LogP contribution in [-0.2, 0) is 20.5 Å². The van der Waals surface area contributed by atoms with Crippen molar-refractivity contribution in [3.63, 3.8) is 0 Å². The number of carbonyl (C=O) groups excluding carboxylic acids is 3. The van der Waals surface area contributed by atoms with Crippen LogP contribution in [0, 0.1) is 5.41 Å². The van der Waals surface area contributed by atoms with Gasteiger partial charge < -0.3 is 15.4 Å². The van der Waals surface area contributed by atoms with Gasteiger partial charge in [-0.15, -0.1) is 0 Å². The van der Waals surface area contributed by atoms with Crippen molar-refractivity contribution >= 4 is 23.5 Å². The third-order valence-electron chi connectivity index (χ3n) is 9.18. The third-order valence-corrected chi connectivity index (χ3v) is 9.18. The first-order chi connectivity index (χ1) is 23.8. The molecule has 0 bridgehead atoms. The van der Waals surface area contributed by atoms with Crippen molar-refractivity contribution < 1.29 is 32.3 Å². The van der Waals surface area contributed by atoms with Crippen LogP contribution in [0.15, 0.2) is 103 Å². The van der Waals surface area contributed by atoms with Gasteiger partial charge in [-0.25, -0.2) is 4.79 Å². The molecule has 2 N–H and O–H groups in total. The van der Waals surface area contributed by atoms with E-state index >= 15 is 0 Å². The first-order valence-electron chi connectivity index (χ1n) is 16.6. The number of piperidine rings is 1. The van der Waals surface area contributed by atoms with Crippen molar-refractivity contribution in [2.24, 2.45) is 5.41 Å². The summed E-state index contributed by atoms with van der Waals surface area (Å²) in [5.41, 5.74) is 2.66. The molecule has 1 saturated heterocycles. The largest absolute Gasteiger partial charge is 0.467 e. The number of ether oxygens (including phenoxy) is 1. The Labute approximate surface area is 290 Å². The fourth-order valence-electron chi connectivity index (χ4n) is 6.43. The zero-order valence-electron chi connectivity index (χ0n) is 28.6. The summed E-state index contributed by atoms with van der Waals surface area (Å²) in [7, 11) is 1.32. The van der Waals surface area contributed by atoms with Gasteiger partial charge in [-0.2, -0.15) is 13.2 Å². The number of rotatable bonds is 9. The van der Waals surface area contributed by atoms with Crippen LogP contribution < -0.4 is 10.6 Å². The first-order valence-corrected chi connectivity index (χ1v) is 16.6. The van der Waals surface area contributed by atoms with Gasteiger partial charge in [-0.05, 0) is 89.8 Å². The average Bonchev–Trinajstić information content (AvgIpc) is 3.11. The summed E-state index contributed by atoms with van der Waals surface area (Å²) in [5.74, 6) is -0.861. The molecule has 50 heavy (non-hydrogen) atoms. The number of methoxy groups -OCH3 is 1. The topological polar surface area (TPSA) is 87.7 Å². The van der Waals surface area contributed by atoms with E-state index in [1.807, 2.05) is 75.4 Å². The maximum atomic E-state index is 13.8. The minimum Gasteiger partial charge on any atom is -0.467 e. The van der Waals surface area contributed by atoms with E-state index in [0.29, 0.717) is 35.5 Å². The standard InChI is InChI=1S/C40H42F3N3O4/c1-39(2,3)35(38(49)50-4)45-37(48)34(29-10-6-5-7-11-29)46-24-22-27(23-25-46)26-16-20-31(21-17-26)44-36(47)33-13-9-8-12-32(33)28-14-18-30(19-15-28)40(41,42)43/h5-21,27,34-35H,22-25H2,1-4H3,(H,44,47)(H,45,48). The molecule has 0 spiro atoms. The Bertz CT molecular complexity index is 1780. The van der Waals surface area contributed by atoms with Gasteiger partial charge in [0.15, 0.2) is 0 Å². The number of carbonyl (C=O) groups is 3. The highest BCUT2D eigenvalue weighted by Gasteiger charge is 2.38. The average molecular weight is 686 g/mol. The zero-order chi connectivity index (χ0) is 36.1. The number of hydrogen-bond donors (Lipinski definition) is 2. The van der Waals surface area contributed by atoms with Crippen molar-refractivity contribution in [2.45, 2.75) is 57.8 Å². The maximum absolute atomic E-state index is 13.8. The van der Waals surface area contributed by atoms with E-state index in [9.17, 15) is 27.6 Å². The highest BCUT2D eigenvalue weighted by atomic mass is 19.4. The molecule has 2 unspecified atom stereocenters. The number of hydrogen-bond acceptors (Lipinski definition) is 5. The van der Waals surface area contributed by atoms with Gasteiger partial charge in [-0.3, -0.25) is 14.5 Å². The van der Waals surface area contributed by atoms with Crippen LogP contribution in [0.3, 0.4) is 0 Å². The number of benzene rings is 4. The molecule has 4 aromatic rings. The van der Waals surface area contributed by atoms with E-state index in [4.69, 9.17) is 4.74 Å². The van der Waals surface area contributed by atoms with Gasteiger partial charge in [0, 0.05) is 11.3 Å². The number of anilines is 1. The number of alkyl halides is 3. The smallest absolute Gasteiger partial charge is 0.416 e. The second-order valence-electron chi connectivity index (χ2n) is 13.7. The van der Waals surface area contributed by atoms with Crippen molar-refractivity contribution in [3.05, 3.63) is 125 Å². The van der Waals surface area contributed by atoms with E-state index in [1.165, 1.54) is 19.2 Å². The minimum absolute atomic E-state index is 0.244. The summed E-state index contributed by atoms with van der Waals surface area (Å²) in [6.07, 6.45) is -2.83. The third kappa shape index (κ3) is 8.60. The molecule has 7 nitrogen and oxygen atoms in total. The number of amides is 2. The fraction of sp³-hybridized carbons (Fsp3) is 0.325. The molecule has 1 aliphatic rings. The molecule has 1 heterocycles. The molecule has 4 aromatic carbocycles. The van der Waals surface area contributed by atoms with Gasteiger partial charge in [0.25, 0.3) is 5.91 Å². The monoisotopic (exact) mass is 685 g/mol. The Hall–Kier alpha value is -4.96. The number of likely N-dealkylation sites (tertiary alicyclic amines) is 1. The highest BCUT2D eigenvalue weighted by molar-refractivity contribution is 6.08. The Morgan fingerprint density at radius 3 is 1.98 bits per heavy atom. The molecule has 1 aliphatic heterocycles. The van der Waals surface area contributed by atoms with Crippen LogP contribution in [-0.4, -0.2) is 48.9 Å². The molecular formula is C40H42F3N3O4. The summed E-state index contributed by atoms with van der Waals surface area (Å²) < 4.78 is 44.2. The highest BCUT2D eigenvalue weighted by Crippen LogP contribution is 2.35. The second-order valence-corrected chi connectivity index (χ2v) is 13.7. The second kappa shape index (κ2) is 15.3. The van der Waals surface area contributed by atoms with Crippen LogP contribution in [0.25, 0.3) is 11.1 Å². The van der Waals surface area contributed by atoms with Gasteiger partial charge >= 0.3 is 12.1 Å². The zero-order valence-corrected chi connectivity index (χ0v) is 28.6. The molecule has 5 rings (SSSR count). The predicted octanol–water partition coefficient (Wildman–Crippen LogP) is 8.25. The summed E-state index contributed by atoms with van der Waals surface area (Å²) in [6, 6.07) is 27.4. The van der Waals surface area contributed by atoms with E-state index in [1.54, 1.807) is 24.3 Å². The van der Waals surface area contributed by atoms with E-state index in [-0.39, 0.29) is 17.7 Å². The van der Waals surface area contributed by atoms with Gasteiger partial charge in [0.1, 0.15) is 12.1 Å². The Balaban J connectivity index is 1.24. The Morgan fingerprint density at radius 2 is 1.40 bits per heavy atom. The minimum atomic E-state index is -4.44. The van der Waals surface area contributed by atoms with Crippen molar-refractivity contribution in [3.8, 4) is 11.1 Å². The normalized spacial score (nSPS) is 15.5. The molecule has 1 fully saturated rings. The Morgan fingerprint density at radius 1 is 0.800 bits per heavy atom. The predicted molar refractivity (Wildman–Crippen MR) is 187 cm³/mol. The molecular weight excluding hydrogens is 643 g/mol. The molecule has 262 valence electrons. The summed E-state index contributed by atoms with van der Waals surface area (Å²) in [4.78, 5) is 41.9. The lowest BCUT2D eigenvalue weighted by molar-refractivity contribution is -0.149. The summed E-state index contributed by atoms with van der Waals surface area (Å²) in [5, 5.41) is 5.89. The van der Waals surface area contributed by atoms with Gasteiger partial charge in [0.05, 0.1) is 12.7 Å². The van der Waals surface area contributed by atoms with Gasteiger partial charge in [0.2, 0.25) is 5.91 Å². The molecule has 0 aromatic heterocycles. The van der Waals surface area contributed by atoms with Crippen LogP contribution in [0.2, 0.25) is 0 Å². The molecule has 2 amide bonds. The van der Waals surface area contributed by atoms with Crippen LogP contribution in [0.4, 0.5) is 18.9 Å². The maximum Gasteiger partial charge on any atom is 0.416 e. The molecule has 0 aliphatic carbocycles. The van der Waals surface area contributed by atoms with E-state index in [2.05, 4.69) is 15.5 Å². The number of nitrogens with one attached hydrogen (secondary N) is 2. The molecule has 0 saturated carbocycles. The quantitative estimate of drug-likeness (QED) is 0.173. The van der Waals surface area contributed by atoms with Crippen molar-refractivity contribution in [1.82, 2.24) is 10.2 Å². The van der Waals surface area contributed by atoms with Crippen LogP contribution in [0.5, 0.6) is 0 Å². The number of esters is 1. The van der Waals surface area contributed by atoms with Crippen LogP contribution in [0.1, 0.15) is 72.6 Å². The molecule has 0 radical (unpaired) electrons.